The molecule has 12 rings (SSSR count). The number of benzene rings is 9. The predicted octanol–water partition coefficient (Wildman–Crippen LogP) is 14.3. The Labute approximate surface area is 378 Å². The average molecular weight is 761 g/mol. The number of rotatable bonds is 5. The molecule has 3 heterocycles. The summed E-state index contributed by atoms with van der Waals surface area (Å²) in [5, 5.41) is -3.92. The van der Waals surface area contributed by atoms with Crippen LogP contribution in [0.15, 0.2) is 211 Å². The fraction of sp³-hybridized carbons (Fsp3) is 0. The summed E-state index contributed by atoms with van der Waals surface area (Å²) in [6.45, 7) is 0. The maximum Gasteiger partial charge on any atom is 0.0652 e. The second kappa shape index (κ2) is 12.5. The third-order valence-corrected chi connectivity index (χ3v) is 9.29. The Hall–Kier alpha value is -7.62. The molecule has 3 nitrogen and oxygen atoms in total. The molecule has 0 radical (unpaired) electrons. The van der Waals surface area contributed by atoms with Gasteiger partial charge in [-0.2, -0.15) is 0 Å². The largest absolute Gasteiger partial charge is 0.309 e. The van der Waals surface area contributed by atoms with Crippen LogP contribution in [0, 0.1) is 0 Å². The maximum atomic E-state index is 10.1. The average Bonchev–Trinajstić information content (AvgIpc) is 1.51. The van der Waals surface area contributed by atoms with Gasteiger partial charge in [0.25, 0.3) is 0 Å². The summed E-state index contributed by atoms with van der Waals surface area (Å²) < 4.78 is 321. The van der Waals surface area contributed by atoms with E-state index < -0.39 is 316 Å². The zero-order chi connectivity index (χ0) is 67.9. The number of hydrogen-bond acceptors (Lipinski definition) is 0. The SMILES string of the molecule is [2H]c1c([2H])c([2H])c(-c2c([2H])c([2H])c(-c3c([2H])c([2H])c(-n4c5c([2H])c([2H])c([2H])c([2H])c5c5c(-n6c7c([2H])c([2H])c([2H])c([2H])c7c7c([2H])c(-n8c9c([2H])c([2H])c([2H])c([2H])c9c9c([2H])c([2H])c([2H])c([2H])c98)c([2H])c([2H])c76)c([2H])c([2H])c([2H])c54)c([2H])c3[2H])c([2H])c2[2H])c([2H])c1[2H]. The first kappa shape index (κ1) is 12.7. The molecule has 3 aromatic heterocycles. The summed E-state index contributed by atoms with van der Waals surface area (Å²) in [7, 11) is 0. The Kier molecular flexibility index (Phi) is 2.78. The Bertz CT molecular complexity index is 5420. The number of nitrogens with zero attached hydrogens (tertiary/aromatic N) is 3. The summed E-state index contributed by atoms with van der Waals surface area (Å²) in [4.78, 5) is 0. The van der Waals surface area contributed by atoms with Crippen molar-refractivity contribution in [3.63, 3.8) is 0 Å². The first-order valence-corrected chi connectivity index (χ1v) is 16.8. The van der Waals surface area contributed by atoms with Gasteiger partial charge < -0.3 is 13.7 Å². The first-order valence-electron chi connectivity index (χ1n) is 34.3. The number of para-hydroxylation sites is 4. The van der Waals surface area contributed by atoms with Crippen LogP contribution >= 0.6 is 0 Å². The molecular formula is C54H35N3. The van der Waals surface area contributed by atoms with E-state index in [-0.39, 0.29) is 0 Å². The van der Waals surface area contributed by atoms with Crippen LogP contribution in [0.1, 0.15) is 48.0 Å². The van der Waals surface area contributed by atoms with Crippen molar-refractivity contribution in [1.29, 1.82) is 0 Å². The van der Waals surface area contributed by atoms with E-state index in [0.717, 1.165) is 4.57 Å². The molecule has 12 aromatic rings. The monoisotopic (exact) mass is 761 g/mol. The fourth-order valence-corrected chi connectivity index (χ4v) is 6.91. The molecule has 0 aliphatic rings. The van der Waals surface area contributed by atoms with Crippen LogP contribution in [0.4, 0.5) is 0 Å². The molecule has 266 valence electrons. The molecule has 9 aromatic carbocycles. The van der Waals surface area contributed by atoms with Crippen molar-refractivity contribution < 1.29 is 48.0 Å². The van der Waals surface area contributed by atoms with E-state index in [0.29, 0.717) is 9.13 Å². The van der Waals surface area contributed by atoms with Gasteiger partial charge in [-0.3, -0.25) is 0 Å². The molecule has 0 amide bonds. The van der Waals surface area contributed by atoms with Crippen molar-refractivity contribution in [2.24, 2.45) is 0 Å². The van der Waals surface area contributed by atoms with E-state index in [4.69, 9.17) is 28.8 Å². The Morgan fingerprint density at radius 2 is 0.667 bits per heavy atom. The molecule has 0 spiro atoms. The quantitative estimate of drug-likeness (QED) is 0.166. The third kappa shape index (κ3) is 4.79. The molecule has 0 aliphatic heterocycles. The van der Waals surface area contributed by atoms with Gasteiger partial charge in [-0.15, -0.1) is 0 Å². The second-order valence-corrected chi connectivity index (χ2v) is 12.3. The number of aromatic nitrogens is 3. The lowest BCUT2D eigenvalue weighted by Gasteiger charge is -2.13. The molecule has 0 saturated heterocycles. The summed E-state index contributed by atoms with van der Waals surface area (Å²) >= 11 is 0. The highest BCUT2D eigenvalue weighted by atomic mass is 15.0. The van der Waals surface area contributed by atoms with E-state index >= 15 is 0 Å². The zero-order valence-corrected chi connectivity index (χ0v) is 28.3. The number of hydrogen-bond donors (Lipinski definition) is 0. The van der Waals surface area contributed by atoms with Crippen LogP contribution in [-0.4, -0.2) is 13.7 Å². The van der Waals surface area contributed by atoms with Crippen molar-refractivity contribution in [1.82, 2.24) is 13.7 Å². The number of fused-ring (bicyclic) bond motifs is 9. The fourth-order valence-electron chi connectivity index (χ4n) is 6.91. The first-order chi connectivity index (χ1) is 42.9. The molecule has 57 heavy (non-hydrogen) atoms. The lowest BCUT2D eigenvalue weighted by Crippen LogP contribution is -1.97. The predicted molar refractivity (Wildman–Crippen MR) is 240 cm³/mol. The Balaban J connectivity index is 1.26. The zero-order valence-electron chi connectivity index (χ0n) is 63.3. The molecule has 0 saturated carbocycles. The van der Waals surface area contributed by atoms with Crippen molar-refractivity contribution in [3.8, 4) is 39.3 Å². The van der Waals surface area contributed by atoms with Gasteiger partial charge >= 0.3 is 0 Å². The summed E-state index contributed by atoms with van der Waals surface area (Å²) in [6, 6.07) is -35.0. The van der Waals surface area contributed by atoms with E-state index in [1.54, 1.807) is 0 Å². The van der Waals surface area contributed by atoms with Crippen molar-refractivity contribution in [2.75, 3.05) is 0 Å². The van der Waals surface area contributed by atoms with Gasteiger partial charge in [0.05, 0.1) is 86.8 Å². The van der Waals surface area contributed by atoms with Gasteiger partial charge in [0.2, 0.25) is 0 Å². The standard InChI is InChI=1S/C54H35N3/c1-2-13-36(14-3-1)37-25-27-38(28-26-37)39-29-31-40(32-30-39)55-50-22-11-7-18-45(50)54-52(55)23-12-24-53(54)57-49-21-10-6-17-44(49)46-35-41(33-34-51(46)57)56-47-19-8-4-15-42(47)43-16-5-9-20-48(43)56/h1-35H/i1D,2D,3D,4D,5D,6D,7D,8D,9D,10D,11D,12D,13D,14D,15D,16D,17D,18D,19D,20D,21D,22D,23D,24D,25D,26D,27D,28D,29D,30D,31D,32D,33D,34D,35D. The molecular weight excluding hydrogens is 691 g/mol. The van der Waals surface area contributed by atoms with E-state index in [9.17, 15) is 19.2 Å². The molecule has 0 unspecified atom stereocenters. The van der Waals surface area contributed by atoms with Crippen LogP contribution in [0.5, 0.6) is 0 Å². The van der Waals surface area contributed by atoms with Crippen molar-refractivity contribution in [3.05, 3.63) is 211 Å². The van der Waals surface area contributed by atoms with Crippen molar-refractivity contribution >= 4 is 65.4 Å². The van der Waals surface area contributed by atoms with Crippen LogP contribution in [0.3, 0.4) is 0 Å². The topological polar surface area (TPSA) is 14.8 Å². The molecule has 0 bridgehead atoms. The summed E-state index contributed by atoms with van der Waals surface area (Å²) in [6.07, 6.45) is 0. The minimum atomic E-state index is -1.19. The lowest BCUT2D eigenvalue weighted by molar-refractivity contribution is 1.16. The Morgan fingerprint density at radius 1 is 0.263 bits per heavy atom. The van der Waals surface area contributed by atoms with Crippen LogP contribution in [-0.2, 0) is 0 Å². The second-order valence-electron chi connectivity index (χ2n) is 12.3. The van der Waals surface area contributed by atoms with Crippen LogP contribution < -0.4 is 0 Å². The molecule has 0 fully saturated rings. The van der Waals surface area contributed by atoms with E-state index in [1.165, 1.54) is 0 Å². The van der Waals surface area contributed by atoms with Gasteiger partial charge in [0, 0.05) is 43.7 Å². The molecule has 0 aliphatic carbocycles. The van der Waals surface area contributed by atoms with Crippen molar-refractivity contribution in [2.45, 2.75) is 0 Å². The van der Waals surface area contributed by atoms with Gasteiger partial charge in [0.15, 0.2) is 0 Å². The molecule has 0 N–H and O–H groups in total. The van der Waals surface area contributed by atoms with E-state index in [2.05, 4.69) is 0 Å². The van der Waals surface area contributed by atoms with Crippen LogP contribution in [0.2, 0.25) is 0 Å². The van der Waals surface area contributed by atoms with E-state index in [1.807, 2.05) is 0 Å². The highest BCUT2D eigenvalue weighted by Crippen LogP contribution is 2.41. The minimum Gasteiger partial charge on any atom is -0.309 e. The highest BCUT2D eigenvalue weighted by Gasteiger charge is 2.20. The van der Waals surface area contributed by atoms with Crippen LogP contribution in [0.25, 0.3) is 105 Å². The molecule has 3 heteroatoms. The summed E-state index contributed by atoms with van der Waals surface area (Å²) in [5.74, 6) is 0. The molecule has 0 atom stereocenters. The van der Waals surface area contributed by atoms with Gasteiger partial charge in [-0.25, -0.2) is 0 Å². The van der Waals surface area contributed by atoms with Gasteiger partial charge in [-0.1, -0.05) is 145 Å². The van der Waals surface area contributed by atoms with Gasteiger partial charge in [-0.05, 0) is 88.7 Å². The normalized spacial score (nSPS) is 20.5. The van der Waals surface area contributed by atoms with Gasteiger partial charge in [0.1, 0.15) is 0 Å². The highest BCUT2D eigenvalue weighted by molar-refractivity contribution is 6.17. The minimum absolute atomic E-state index is 0.514. The smallest absolute Gasteiger partial charge is 0.0652 e. The maximum absolute atomic E-state index is 10.1. The summed E-state index contributed by atoms with van der Waals surface area (Å²) in [5.41, 5.74) is -10.5. The third-order valence-electron chi connectivity index (χ3n) is 9.29. The Morgan fingerprint density at radius 3 is 1.28 bits per heavy atom. The lowest BCUT2D eigenvalue weighted by atomic mass is 10.0.